The molecule has 0 unspecified atom stereocenters. The lowest BCUT2D eigenvalue weighted by Crippen LogP contribution is -3.00. The van der Waals surface area contributed by atoms with E-state index in [-0.39, 0.29) is 24.0 Å². The van der Waals surface area contributed by atoms with Crippen LogP contribution >= 0.6 is 0 Å². The van der Waals surface area contributed by atoms with Crippen LogP contribution < -0.4 is 38.1 Å². The number of hydrogen-bond acceptors (Lipinski definition) is 3. The molecule has 1 aromatic heterocycles. The van der Waals surface area contributed by atoms with Crippen molar-refractivity contribution in [2.45, 2.75) is 0 Å². The Morgan fingerprint density at radius 3 is 1.82 bits per heavy atom. The second-order valence-electron chi connectivity index (χ2n) is 4.46. The predicted octanol–water partition coefficient (Wildman–Crippen LogP) is 0.495. The summed E-state index contributed by atoms with van der Waals surface area (Å²) < 4.78 is 13.1. The van der Waals surface area contributed by atoms with E-state index in [2.05, 4.69) is 5.10 Å². The molecule has 0 atom stereocenters. The van der Waals surface area contributed by atoms with Crippen molar-refractivity contribution in [3.8, 4) is 23.3 Å². The zero-order chi connectivity index (χ0) is 14.5. The molecule has 2 aromatic carbocycles. The summed E-state index contributed by atoms with van der Waals surface area (Å²) >= 11 is 0. The van der Waals surface area contributed by atoms with E-state index in [1.807, 2.05) is 73.8 Å². The van der Waals surface area contributed by atoms with E-state index in [1.54, 1.807) is 10.7 Å². The van der Waals surface area contributed by atoms with Crippen molar-refractivity contribution < 1.29 is 38.1 Å². The van der Waals surface area contributed by atoms with E-state index in [0.717, 1.165) is 11.5 Å². The van der Waals surface area contributed by atoms with Gasteiger partial charge < -0.3 is 33.5 Å². The highest BCUT2D eigenvalue weighted by Crippen LogP contribution is 2.21. The van der Waals surface area contributed by atoms with E-state index in [9.17, 15) is 0 Å². The van der Waals surface area contributed by atoms with Gasteiger partial charge in [-0.05, 0) is 28.9 Å². The van der Waals surface area contributed by atoms with Gasteiger partial charge in [-0.2, -0.15) is 0 Å². The van der Waals surface area contributed by atoms with Crippen molar-refractivity contribution in [1.82, 2.24) is 5.10 Å². The highest BCUT2D eigenvalue weighted by Gasteiger charge is 2.13. The van der Waals surface area contributed by atoms with Gasteiger partial charge >= 0.3 is 5.88 Å². The summed E-state index contributed by atoms with van der Waals surface area (Å²) in [5, 5.41) is 4.33. The van der Waals surface area contributed by atoms with Gasteiger partial charge in [-0.25, -0.2) is 0 Å². The van der Waals surface area contributed by atoms with Gasteiger partial charge in [-0.1, -0.05) is 36.4 Å². The number of ether oxygens (including phenoxy) is 2. The van der Waals surface area contributed by atoms with Crippen molar-refractivity contribution in [2.24, 2.45) is 7.05 Å². The minimum atomic E-state index is 0. The van der Waals surface area contributed by atoms with Crippen LogP contribution in [0.2, 0.25) is 0 Å². The van der Waals surface area contributed by atoms with E-state index >= 15 is 0 Å². The molecule has 0 aliphatic heterocycles. The van der Waals surface area contributed by atoms with Gasteiger partial charge in [0.15, 0.2) is 7.05 Å². The summed E-state index contributed by atoms with van der Waals surface area (Å²) in [5.74, 6) is 2.68. The van der Waals surface area contributed by atoms with Crippen molar-refractivity contribution in [1.29, 1.82) is 0 Å². The minimum absolute atomic E-state index is 0. The standard InChI is InChI=1S/C17H15N2O2.HI/c1-19-17(21-15-10-6-3-7-11-15)13-12-16(18-19)20-14-8-4-2-5-9-14;/h2-13H,1H3;1H/q+1;/p-1. The normalized spacial score (nSPS) is 9.68. The number of hydrogen-bond donors (Lipinski definition) is 0. The Morgan fingerprint density at radius 2 is 1.27 bits per heavy atom. The first-order valence-electron chi connectivity index (χ1n) is 6.64. The fourth-order valence-corrected chi connectivity index (χ4v) is 1.85. The summed E-state index contributed by atoms with van der Waals surface area (Å²) in [5.41, 5.74) is 0. The van der Waals surface area contributed by atoms with Gasteiger partial charge in [0.25, 0.3) is 5.88 Å². The van der Waals surface area contributed by atoms with Gasteiger partial charge in [-0.15, -0.1) is 0 Å². The van der Waals surface area contributed by atoms with Crippen molar-refractivity contribution in [3.05, 3.63) is 72.8 Å². The Bertz CT molecular complexity index is 721. The third-order valence-corrected chi connectivity index (χ3v) is 2.87. The lowest BCUT2D eigenvalue weighted by molar-refractivity contribution is -0.734. The maximum absolute atomic E-state index is 5.76. The van der Waals surface area contributed by atoms with Gasteiger partial charge in [0.2, 0.25) is 0 Å². The molecule has 0 N–H and O–H groups in total. The molecule has 0 radical (unpaired) electrons. The number of para-hydroxylation sites is 2. The SMILES string of the molecule is C[n+]1nc(Oc2ccccc2)ccc1Oc1ccccc1.[I-]. The third kappa shape index (κ3) is 4.17. The lowest BCUT2D eigenvalue weighted by atomic mass is 10.3. The van der Waals surface area contributed by atoms with Gasteiger partial charge in [0.05, 0.1) is 6.07 Å². The molecule has 4 nitrogen and oxygen atoms in total. The molecule has 0 amide bonds. The zero-order valence-electron chi connectivity index (χ0n) is 12.0. The number of aryl methyl sites for hydroxylation is 1. The smallest absolute Gasteiger partial charge is 0.398 e. The molecule has 5 heteroatoms. The maximum Gasteiger partial charge on any atom is 0.398 e. The molecule has 0 saturated heterocycles. The Kier molecular flexibility index (Phi) is 5.71. The Hall–Kier alpha value is -2.15. The van der Waals surface area contributed by atoms with Crippen molar-refractivity contribution >= 4 is 0 Å². The van der Waals surface area contributed by atoms with Crippen LogP contribution in [0.4, 0.5) is 0 Å². The second kappa shape index (κ2) is 7.74. The molecule has 0 spiro atoms. The van der Waals surface area contributed by atoms with Crippen LogP contribution in [0.25, 0.3) is 0 Å². The maximum atomic E-state index is 5.76. The highest BCUT2D eigenvalue weighted by molar-refractivity contribution is 5.28. The van der Waals surface area contributed by atoms with Crippen LogP contribution in [0.15, 0.2) is 72.8 Å². The first-order chi connectivity index (χ1) is 10.3. The summed E-state index contributed by atoms with van der Waals surface area (Å²) in [4.78, 5) is 0. The summed E-state index contributed by atoms with van der Waals surface area (Å²) in [7, 11) is 1.82. The fourth-order valence-electron chi connectivity index (χ4n) is 1.85. The molecule has 1 heterocycles. The number of halogens is 1. The fraction of sp³-hybridized carbons (Fsp3) is 0.0588. The van der Waals surface area contributed by atoms with Crippen molar-refractivity contribution in [2.75, 3.05) is 0 Å². The van der Waals surface area contributed by atoms with Crippen LogP contribution in [0.1, 0.15) is 0 Å². The molecule has 3 aromatic rings. The Labute approximate surface area is 146 Å². The first-order valence-corrected chi connectivity index (χ1v) is 6.64. The number of nitrogens with zero attached hydrogens (tertiary/aromatic N) is 2. The molecule has 3 rings (SSSR count). The molecule has 0 fully saturated rings. The largest absolute Gasteiger partial charge is 1.00 e. The van der Waals surface area contributed by atoms with Crippen LogP contribution in [-0.4, -0.2) is 5.10 Å². The average Bonchev–Trinajstić information content (AvgIpc) is 2.52. The highest BCUT2D eigenvalue weighted by atomic mass is 127. The quantitative estimate of drug-likeness (QED) is 0.468. The lowest BCUT2D eigenvalue weighted by Gasteiger charge is -2.04. The molecular weight excluding hydrogens is 391 g/mol. The average molecular weight is 406 g/mol. The second-order valence-corrected chi connectivity index (χ2v) is 4.46. The number of benzene rings is 2. The van der Waals surface area contributed by atoms with E-state index < -0.39 is 0 Å². The molecule has 0 saturated carbocycles. The van der Waals surface area contributed by atoms with Crippen LogP contribution in [0, 0.1) is 0 Å². The minimum Gasteiger partial charge on any atom is -1.00 e. The monoisotopic (exact) mass is 406 g/mol. The molecule has 0 bridgehead atoms. The van der Waals surface area contributed by atoms with Crippen LogP contribution in [0.5, 0.6) is 23.3 Å². The molecule has 22 heavy (non-hydrogen) atoms. The molecule has 112 valence electrons. The topological polar surface area (TPSA) is 35.2 Å². The molecular formula is C17H15IN2O2. The summed E-state index contributed by atoms with van der Waals surface area (Å²) in [6, 6.07) is 22.8. The number of aromatic nitrogens is 2. The zero-order valence-corrected chi connectivity index (χ0v) is 14.2. The van der Waals surface area contributed by atoms with Crippen molar-refractivity contribution in [3.63, 3.8) is 0 Å². The van der Waals surface area contributed by atoms with Crippen LogP contribution in [-0.2, 0) is 7.05 Å². The van der Waals surface area contributed by atoms with E-state index in [1.165, 1.54) is 0 Å². The first kappa shape index (κ1) is 16.2. The predicted molar refractivity (Wildman–Crippen MR) is 78.4 cm³/mol. The molecule has 0 aliphatic carbocycles. The van der Waals surface area contributed by atoms with E-state index in [4.69, 9.17) is 9.47 Å². The summed E-state index contributed by atoms with van der Waals surface area (Å²) in [6.07, 6.45) is 0. The van der Waals surface area contributed by atoms with Crippen LogP contribution in [0.3, 0.4) is 0 Å². The van der Waals surface area contributed by atoms with Gasteiger partial charge in [0, 0.05) is 11.2 Å². The Morgan fingerprint density at radius 1 is 0.727 bits per heavy atom. The Balaban J connectivity index is 0.00000176. The summed E-state index contributed by atoms with van der Waals surface area (Å²) in [6.45, 7) is 0. The number of rotatable bonds is 4. The van der Waals surface area contributed by atoms with Gasteiger partial charge in [-0.3, -0.25) is 0 Å². The molecule has 0 aliphatic rings. The van der Waals surface area contributed by atoms with Gasteiger partial charge in [0.1, 0.15) is 11.5 Å². The third-order valence-electron chi connectivity index (χ3n) is 2.87. The van der Waals surface area contributed by atoms with E-state index in [0.29, 0.717) is 11.8 Å².